The second-order valence-corrected chi connectivity index (χ2v) is 8.37. The molecule has 5 N–H and O–H groups in total. The van der Waals surface area contributed by atoms with Gasteiger partial charge in [0.05, 0.1) is 5.69 Å². The Morgan fingerprint density at radius 1 is 1.06 bits per heavy atom. The lowest BCUT2D eigenvalue weighted by Crippen LogP contribution is -2.20. The van der Waals surface area contributed by atoms with Crippen molar-refractivity contribution in [3.05, 3.63) is 107 Å². The van der Waals surface area contributed by atoms with Crippen molar-refractivity contribution in [3.8, 4) is 16.8 Å². The van der Waals surface area contributed by atoms with Crippen molar-refractivity contribution in [2.45, 2.75) is 25.6 Å². The molecule has 5 rings (SSSR count). The Morgan fingerprint density at radius 2 is 1.85 bits per heavy atom. The Balaban J connectivity index is 1.41. The Hall–Kier alpha value is -4.07. The van der Waals surface area contributed by atoms with E-state index in [1.807, 2.05) is 24.3 Å². The van der Waals surface area contributed by atoms with Crippen molar-refractivity contribution in [1.82, 2.24) is 14.9 Å². The normalized spacial score (nSPS) is 15.6. The summed E-state index contributed by atoms with van der Waals surface area (Å²) < 4.78 is 1.74. The summed E-state index contributed by atoms with van der Waals surface area (Å²) in [4.78, 5) is 29.4. The maximum Gasteiger partial charge on any atom is 0.248 e. The van der Waals surface area contributed by atoms with Gasteiger partial charge in [0.2, 0.25) is 5.91 Å². The van der Waals surface area contributed by atoms with Crippen LogP contribution in [0.1, 0.15) is 50.1 Å². The summed E-state index contributed by atoms with van der Waals surface area (Å²) in [5.74, 6) is -0.525. The number of primary amides is 1. The number of hydrogen-bond donors (Lipinski definition) is 3. The molecule has 1 aromatic heterocycles. The zero-order chi connectivity index (χ0) is 23.7. The van der Waals surface area contributed by atoms with Gasteiger partial charge in [-0.05, 0) is 40.5 Å². The maximum atomic E-state index is 13.3. The van der Waals surface area contributed by atoms with E-state index >= 15 is 0 Å². The van der Waals surface area contributed by atoms with E-state index in [1.165, 1.54) is 0 Å². The molecule has 1 aliphatic heterocycles. The highest BCUT2D eigenvalue weighted by molar-refractivity contribution is 5.97. The van der Waals surface area contributed by atoms with Gasteiger partial charge < -0.3 is 16.8 Å². The number of fused-ring (bicyclic) bond motifs is 1. The first-order valence-corrected chi connectivity index (χ1v) is 11.2. The number of nitrogens with zero attached hydrogens (tertiary/aromatic N) is 2. The summed E-state index contributed by atoms with van der Waals surface area (Å²) in [6.45, 7) is 0.944. The molecule has 1 atom stereocenters. The molecule has 0 bridgehead atoms. The third-order valence-corrected chi connectivity index (χ3v) is 6.28. The van der Waals surface area contributed by atoms with Gasteiger partial charge in [0.15, 0.2) is 5.78 Å². The molecule has 7 heteroatoms. The number of amides is 1. The van der Waals surface area contributed by atoms with Crippen LogP contribution in [0.2, 0.25) is 0 Å². The topological polar surface area (TPSA) is 116 Å². The van der Waals surface area contributed by atoms with E-state index in [0.29, 0.717) is 42.1 Å². The minimum atomic E-state index is -0.515. The van der Waals surface area contributed by atoms with Gasteiger partial charge in [0.25, 0.3) is 0 Å². The number of ketones is 1. The van der Waals surface area contributed by atoms with Crippen LogP contribution in [0, 0.1) is 0 Å². The van der Waals surface area contributed by atoms with Crippen LogP contribution in [0.25, 0.3) is 16.8 Å². The number of aromatic nitrogens is 2. The maximum absolute atomic E-state index is 13.3. The standard InChI is InChI=1S/C27H25N5O2/c28-14-20-4-1-2-7-22(20)17-8-10-18(11-9-17)23-13-25(33)26-24(15-30-23)31-16-32(26)21-6-3-5-19(12-21)27(29)34/h1-12,16,23,30H,13-15,28H2,(H2,29,34). The molecule has 0 saturated carbocycles. The average molecular weight is 452 g/mol. The minimum Gasteiger partial charge on any atom is -0.366 e. The van der Waals surface area contributed by atoms with Gasteiger partial charge in [-0.25, -0.2) is 4.98 Å². The summed E-state index contributed by atoms with van der Waals surface area (Å²) >= 11 is 0. The molecule has 0 spiro atoms. The lowest BCUT2D eigenvalue weighted by Gasteiger charge is -2.17. The number of benzene rings is 3. The second-order valence-electron chi connectivity index (χ2n) is 8.37. The molecule has 0 aliphatic carbocycles. The van der Waals surface area contributed by atoms with Crippen LogP contribution in [0.4, 0.5) is 0 Å². The summed E-state index contributed by atoms with van der Waals surface area (Å²) in [5, 5.41) is 3.47. The van der Waals surface area contributed by atoms with Crippen molar-refractivity contribution in [1.29, 1.82) is 0 Å². The highest BCUT2D eigenvalue weighted by atomic mass is 16.1. The van der Waals surface area contributed by atoms with Crippen LogP contribution < -0.4 is 16.8 Å². The van der Waals surface area contributed by atoms with Crippen molar-refractivity contribution in [2.75, 3.05) is 0 Å². The van der Waals surface area contributed by atoms with Crippen LogP contribution in [0.15, 0.2) is 79.1 Å². The minimum absolute atomic E-state index is 0.00969. The zero-order valence-electron chi connectivity index (χ0n) is 18.6. The molecule has 0 radical (unpaired) electrons. The van der Waals surface area contributed by atoms with Crippen LogP contribution >= 0.6 is 0 Å². The summed E-state index contributed by atoms with van der Waals surface area (Å²) in [5.41, 5.74) is 17.9. The average Bonchev–Trinajstić information content (AvgIpc) is 3.23. The Kier molecular flexibility index (Phi) is 5.79. The molecule has 1 aliphatic rings. The van der Waals surface area contributed by atoms with Gasteiger partial charge in [-0.15, -0.1) is 0 Å². The number of rotatable bonds is 5. The molecule has 34 heavy (non-hydrogen) atoms. The third-order valence-electron chi connectivity index (χ3n) is 6.28. The van der Waals surface area contributed by atoms with Crippen LogP contribution in [-0.4, -0.2) is 21.2 Å². The Bertz CT molecular complexity index is 1370. The lowest BCUT2D eigenvalue weighted by atomic mass is 9.95. The fourth-order valence-electron chi connectivity index (χ4n) is 4.50. The van der Waals surface area contributed by atoms with E-state index in [9.17, 15) is 9.59 Å². The van der Waals surface area contributed by atoms with E-state index in [2.05, 4.69) is 40.6 Å². The molecule has 4 aromatic rings. The van der Waals surface area contributed by atoms with E-state index in [1.54, 1.807) is 29.1 Å². The molecule has 7 nitrogen and oxygen atoms in total. The lowest BCUT2D eigenvalue weighted by molar-refractivity contribution is 0.0965. The third kappa shape index (κ3) is 4.03. The molecule has 2 heterocycles. The van der Waals surface area contributed by atoms with Crippen molar-refractivity contribution in [3.63, 3.8) is 0 Å². The summed E-state index contributed by atoms with van der Waals surface area (Å²) in [7, 11) is 0. The molecule has 1 unspecified atom stereocenters. The van der Waals surface area contributed by atoms with Crippen LogP contribution in [-0.2, 0) is 13.1 Å². The van der Waals surface area contributed by atoms with Gasteiger partial charge in [0, 0.05) is 36.8 Å². The van der Waals surface area contributed by atoms with E-state index in [4.69, 9.17) is 11.5 Å². The van der Waals surface area contributed by atoms with E-state index < -0.39 is 5.91 Å². The fraction of sp³-hybridized carbons (Fsp3) is 0.148. The monoisotopic (exact) mass is 451 g/mol. The number of imidazole rings is 1. The molecule has 0 fully saturated rings. The van der Waals surface area contributed by atoms with Gasteiger partial charge >= 0.3 is 0 Å². The van der Waals surface area contributed by atoms with Gasteiger partial charge in [-0.2, -0.15) is 0 Å². The summed E-state index contributed by atoms with van der Waals surface area (Å²) in [6.07, 6.45) is 1.92. The zero-order valence-corrected chi connectivity index (χ0v) is 18.6. The highest BCUT2D eigenvalue weighted by Gasteiger charge is 2.27. The van der Waals surface area contributed by atoms with E-state index in [-0.39, 0.29) is 11.8 Å². The molecule has 3 aromatic carbocycles. The quantitative estimate of drug-likeness (QED) is 0.429. The largest absolute Gasteiger partial charge is 0.366 e. The summed E-state index contributed by atoms with van der Waals surface area (Å²) in [6, 6.07) is 23.1. The molecule has 0 saturated heterocycles. The first-order chi connectivity index (χ1) is 16.5. The van der Waals surface area contributed by atoms with Gasteiger partial charge in [0.1, 0.15) is 12.0 Å². The number of carbonyl (C=O) groups is 2. The number of carbonyl (C=O) groups excluding carboxylic acids is 2. The highest BCUT2D eigenvalue weighted by Crippen LogP contribution is 2.29. The first-order valence-electron chi connectivity index (χ1n) is 11.2. The molecular weight excluding hydrogens is 426 g/mol. The number of hydrogen-bond acceptors (Lipinski definition) is 5. The van der Waals surface area contributed by atoms with Crippen LogP contribution in [0.5, 0.6) is 0 Å². The molecule has 1 amide bonds. The fourth-order valence-corrected chi connectivity index (χ4v) is 4.50. The van der Waals surface area contributed by atoms with Gasteiger partial charge in [-0.1, -0.05) is 54.6 Å². The van der Waals surface area contributed by atoms with E-state index in [0.717, 1.165) is 22.3 Å². The SMILES string of the molecule is NCc1ccccc1-c1ccc(C2CC(=O)c3c(ncn3-c3cccc(C(N)=O)c3)CN2)cc1. The smallest absolute Gasteiger partial charge is 0.248 e. The number of Topliss-reactive ketones (excluding diaryl/α,β-unsaturated/α-hetero) is 1. The second kappa shape index (κ2) is 9.05. The predicted octanol–water partition coefficient (Wildman–Crippen LogP) is 3.51. The van der Waals surface area contributed by atoms with Gasteiger partial charge in [-0.3, -0.25) is 14.2 Å². The van der Waals surface area contributed by atoms with Crippen molar-refractivity contribution >= 4 is 11.7 Å². The molecule has 170 valence electrons. The van der Waals surface area contributed by atoms with Crippen molar-refractivity contribution in [2.24, 2.45) is 11.5 Å². The Labute approximate surface area is 197 Å². The Morgan fingerprint density at radius 3 is 2.62 bits per heavy atom. The molecular formula is C27H25N5O2. The number of nitrogens with one attached hydrogen (secondary N) is 1. The first kappa shape index (κ1) is 21.8. The number of nitrogens with two attached hydrogens (primary N) is 2. The van der Waals surface area contributed by atoms with Crippen LogP contribution in [0.3, 0.4) is 0 Å². The predicted molar refractivity (Wildman–Crippen MR) is 130 cm³/mol. The van der Waals surface area contributed by atoms with Crippen molar-refractivity contribution < 1.29 is 9.59 Å².